The molecule has 1 aliphatic heterocycles. The SMILES string of the molecule is C=C(C)C1CCC2(CC(=O)N3CCC(N)CC3)CCC3(C)C(CCC4C5(C)CCC(OC(=O)CC(C)(C)C(=O)O)C(C)(C)C5CCC43C)C12. The first-order valence-electron chi connectivity index (χ1n) is 19.8. The van der Waals surface area contributed by atoms with Crippen molar-refractivity contribution < 1.29 is 24.2 Å². The van der Waals surface area contributed by atoms with Crippen molar-refractivity contribution in [2.24, 2.45) is 67.8 Å². The van der Waals surface area contributed by atoms with E-state index in [0.717, 1.165) is 58.0 Å². The Kier molecular flexibility index (Phi) is 9.31. The van der Waals surface area contributed by atoms with E-state index in [4.69, 9.17) is 10.5 Å². The molecule has 7 heteroatoms. The molecule has 1 saturated heterocycles. The lowest BCUT2D eigenvalue weighted by Gasteiger charge is -2.73. The van der Waals surface area contributed by atoms with Crippen LogP contribution in [0.4, 0.5) is 0 Å². The highest BCUT2D eigenvalue weighted by Crippen LogP contribution is 2.78. The molecule has 0 aromatic rings. The Morgan fingerprint density at radius 1 is 0.857 bits per heavy atom. The number of carboxylic acids is 1. The molecule has 0 bridgehead atoms. The van der Waals surface area contributed by atoms with Crippen molar-refractivity contribution in [2.45, 2.75) is 157 Å². The van der Waals surface area contributed by atoms with Crippen LogP contribution in [-0.2, 0) is 19.1 Å². The Bertz CT molecular complexity index is 1350. The average molecular weight is 681 g/mol. The molecule has 6 fully saturated rings. The van der Waals surface area contributed by atoms with Crippen LogP contribution in [-0.4, -0.2) is 53.1 Å². The number of ether oxygens (including phenoxy) is 1. The normalized spacial score (nSPS) is 43.4. The molecule has 0 aromatic carbocycles. The van der Waals surface area contributed by atoms with Crippen molar-refractivity contribution in [3.63, 3.8) is 0 Å². The van der Waals surface area contributed by atoms with E-state index in [1.54, 1.807) is 13.8 Å². The standard InChI is InChI=1S/C42H68N2O5/c1-26(2)28-12-19-42(24-33(45)44-22-15-27(43)16-23-44)21-20-40(8)29(35(28)42)10-11-31-39(7)17-14-32(49-34(46)25-37(3,4)36(47)48)38(5,6)30(39)13-18-41(31,40)9/h27-32,35H,1,10-25,43H2,2-9H3,(H,47,48). The molecule has 3 N–H and O–H groups in total. The van der Waals surface area contributed by atoms with Crippen LogP contribution in [0.1, 0.15) is 145 Å². The van der Waals surface area contributed by atoms with Gasteiger partial charge in [-0.3, -0.25) is 14.4 Å². The van der Waals surface area contributed by atoms with Gasteiger partial charge in [0.15, 0.2) is 0 Å². The van der Waals surface area contributed by atoms with E-state index >= 15 is 0 Å². The predicted octanol–water partition coefficient (Wildman–Crippen LogP) is 8.40. The highest BCUT2D eigenvalue weighted by molar-refractivity contribution is 5.81. The van der Waals surface area contributed by atoms with E-state index in [2.05, 4.69) is 53.0 Å². The van der Waals surface area contributed by atoms with Gasteiger partial charge in [0.25, 0.3) is 0 Å². The van der Waals surface area contributed by atoms with E-state index in [1.165, 1.54) is 37.7 Å². The zero-order chi connectivity index (χ0) is 35.9. The molecule has 1 heterocycles. The maximum Gasteiger partial charge on any atom is 0.309 e. The summed E-state index contributed by atoms with van der Waals surface area (Å²) < 4.78 is 6.18. The van der Waals surface area contributed by atoms with Gasteiger partial charge in [0, 0.05) is 31.0 Å². The molecule has 276 valence electrons. The summed E-state index contributed by atoms with van der Waals surface area (Å²) in [6, 6.07) is 0.226. The van der Waals surface area contributed by atoms with Crippen molar-refractivity contribution in [1.82, 2.24) is 4.90 Å². The van der Waals surface area contributed by atoms with Crippen LogP contribution in [0.3, 0.4) is 0 Å². The minimum absolute atomic E-state index is 0.0773. The number of amides is 1. The third-order valence-electron chi connectivity index (χ3n) is 17.0. The maximum absolute atomic E-state index is 14.0. The number of carbonyl (C=O) groups excluding carboxylic acids is 2. The van der Waals surface area contributed by atoms with Gasteiger partial charge >= 0.3 is 11.9 Å². The van der Waals surface area contributed by atoms with Crippen LogP contribution in [0.2, 0.25) is 0 Å². The molecule has 0 aromatic heterocycles. The van der Waals surface area contributed by atoms with E-state index in [0.29, 0.717) is 41.9 Å². The number of likely N-dealkylation sites (tertiary alicyclic amines) is 1. The monoisotopic (exact) mass is 681 g/mol. The second kappa shape index (κ2) is 12.4. The fourth-order valence-electron chi connectivity index (χ4n) is 14.0. The highest BCUT2D eigenvalue weighted by atomic mass is 16.5. The lowest BCUT2D eigenvalue weighted by atomic mass is 9.32. The van der Waals surface area contributed by atoms with Gasteiger partial charge in [-0.15, -0.1) is 0 Å². The first kappa shape index (κ1) is 36.9. The summed E-state index contributed by atoms with van der Waals surface area (Å²) in [7, 11) is 0. The van der Waals surface area contributed by atoms with Crippen molar-refractivity contribution in [3.05, 3.63) is 12.2 Å². The molecule has 5 saturated carbocycles. The number of aliphatic carboxylic acids is 1. The number of fused-ring (bicyclic) bond motifs is 7. The first-order valence-corrected chi connectivity index (χ1v) is 19.8. The van der Waals surface area contributed by atoms with Crippen LogP contribution in [0.5, 0.6) is 0 Å². The van der Waals surface area contributed by atoms with Gasteiger partial charge in [0.05, 0.1) is 11.8 Å². The molecule has 7 nitrogen and oxygen atoms in total. The molecular formula is C42H68N2O5. The quantitative estimate of drug-likeness (QED) is 0.207. The molecule has 6 rings (SSSR count). The van der Waals surface area contributed by atoms with Crippen molar-refractivity contribution in [3.8, 4) is 0 Å². The average Bonchev–Trinajstić information content (AvgIpc) is 3.38. The van der Waals surface area contributed by atoms with Crippen LogP contribution >= 0.6 is 0 Å². The van der Waals surface area contributed by atoms with Gasteiger partial charge in [-0.05, 0) is 149 Å². The van der Waals surface area contributed by atoms with Gasteiger partial charge < -0.3 is 20.5 Å². The Labute approximate surface area is 296 Å². The number of hydrogen-bond donors (Lipinski definition) is 2. The van der Waals surface area contributed by atoms with E-state index < -0.39 is 11.4 Å². The third-order valence-corrected chi connectivity index (χ3v) is 17.0. The van der Waals surface area contributed by atoms with Crippen molar-refractivity contribution >= 4 is 17.8 Å². The minimum atomic E-state index is -1.14. The molecule has 0 radical (unpaired) electrons. The number of carboxylic acid groups (broad SMARTS) is 1. The largest absolute Gasteiger partial charge is 0.481 e. The van der Waals surface area contributed by atoms with E-state index in [9.17, 15) is 19.5 Å². The predicted molar refractivity (Wildman–Crippen MR) is 193 cm³/mol. The number of esters is 1. The molecule has 6 aliphatic rings. The van der Waals surface area contributed by atoms with Crippen LogP contribution in [0.25, 0.3) is 0 Å². The Morgan fingerprint density at radius 3 is 2.16 bits per heavy atom. The number of nitrogens with two attached hydrogens (primary N) is 1. The van der Waals surface area contributed by atoms with Crippen LogP contribution in [0, 0.1) is 62.1 Å². The summed E-state index contributed by atoms with van der Waals surface area (Å²) in [6.07, 6.45) is 13.5. The topological polar surface area (TPSA) is 110 Å². The zero-order valence-corrected chi connectivity index (χ0v) is 32.2. The number of carbonyl (C=O) groups is 3. The van der Waals surface area contributed by atoms with Gasteiger partial charge in [-0.25, -0.2) is 0 Å². The zero-order valence-electron chi connectivity index (χ0n) is 32.2. The van der Waals surface area contributed by atoms with Crippen LogP contribution < -0.4 is 5.73 Å². The number of allylic oxidation sites excluding steroid dienone is 1. The smallest absolute Gasteiger partial charge is 0.309 e. The van der Waals surface area contributed by atoms with Gasteiger partial charge in [0.1, 0.15) is 6.10 Å². The van der Waals surface area contributed by atoms with Gasteiger partial charge in [-0.1, -0.05) is 46.8 Å². The lowest BCUT2D eigenvalue weighted by Crippen LogP contribution is -2.67. The molecule has 10 atom stereocenters. The summed E-state index contributed by atoms with van der Waals surface area (Å²) in [5, 5.41) is 9.60. The number of rotatable bonds is 7. The Balaban J connectivity index is 1.24. The molecule has 10 unspecified atom stereocenters. The number of nitrogens with zero attached hydrogens (tertiary/aromatic N) is 1. The molecule has 5 aliphatic carbocycles. The molecule has 49 heavy (non-hydrogen) atoms. The highest BCUT2D eigenvalue weighted by Gasteiger charge is 2.71. The molecule has 1 amide bonds. The second-order valence-corrected chi connectivity index (χ2v) is 20.1. The van der Waals surface area contributed by atoms with Gasteiger partial charge in [0.2, 0.25) is 5.91 Å². The third kappa shape index (κ3) is 5.73. The summed E-state index contributed by atoms with van der Waals surface area (Å²) in [6.45, 7) is 24.1. The minimum Gasteiger partial charge on any atom is -0.481 e. The van der Waals surface area contributed by atoms with E-state index in [1.807, 2.05) is 0 Å². The number of piperidine rings is 1. The van der Waals surface area contributed by atoms with Crippen molar-refractivity contribution in [1.29, 1.82) is 0 Å². The summed E-state index contributed by atoms with van der Waals surface area (Å²) in [4.78, 5) is 40.9. The van der Waals surface area contributed by atoms with E-state index in [-0.39, 0.29) is 51.6 Å². The van der Waals surface area contributed by atoms with Gasteiger partial charge in [-0.2, -0.15) is 0 Å². The fourth-order valence-corrected chi connectivity index (χ4v) is 14.0. The Hall–Kier alpha value is -1.89. The molecular weight excluding hydrogens is 612 g/mol. The number of hydrogen-bond acceptors (Lipinski definition) is 5. The fraction of sp³-hybridized carbons (Fsp3) is 0.881. The Morgan fingerprint density at radius 2 is 1.53 bits per heavy atom. The lowest BCUT2D eigenvalue weighted by molar-refractivity contribution is -0.250. The first-order chi connectivity index (χ1) is 22.7. The summed E-state index contributed by atoms with van der Waals surface area (Å²) in [5.41, 5.74) is 6.82. The summed E-state index contributed by atoms with van der Waals surface area (Å²) >= 11 is 0. The summed E-state index contributed by atoms with van der Waals surface area (Å²) in [5.74, 6) is 1.64. The van der Waals surface area contributed by atoms with Crippen molar-refractivity contribution in [2.75, 3.05) is 13.1 Å². The van der Waals surface area contributed by atoms with Crippen LogP contribution in [0.15, 0.2) is 12.2 Å². The molecule has 0 spiro atoms. The maximum atomic E-state index is 14.0. The second-order valence-electron chi connectivity index (χ2n) is 20.1.